The fourth-order valence-corrected chi connectivity index (χ4v) is 4.20. The number of halogens is 1. The molecule has 0 saturated carbocycles. The van der Waals surface area contributed by atoms with Crippen molar-refractivity contribution in [3.05, 3.63) is 29.8 Å². The Morgan fingerprint density at radius 3 is 2.27 bits per heavy atom. The second-order valence-electron chi connectivity index (χ2n) is 5.81. The van der Waals surface area contributed by atoms with E-state index in [1.165, 1.54) is 12.8 Å². The molecule has 2 atom stereocenters. The summed E-state index contributed by atoms with van der Waals surface area (Å²) in [5.74, 6) is 0. The van der Waals surface area contributed by atoms with Crippen molar-refractivity contribution in [3.8, 4) is 0 Å². The number of aryl methyl sites for hydroxylation is 1. The van der Waals surface area contributed by atoms with Crippen molar-refractivity contribution in [2.45, 2.75) is 75.6 Å². The van der Waals surface area contributed by atoms with Crippen LogP contribution in [0.25, 0.3) is 0 Å². The molecule has 1 aromatic carbocycles. The van der Waals surface area contributed by atoms with Crippen molar-refractivity contribution in [1.82, 2.24) is 4.72 Å². The maximum Gasteiger partial charge on any atom is 0.240 e. The standard InChI is InChI=1S/C17H28ClNO2S/c1-4-6-7-8-9-16(18)17(5-2)19-22(20,21)15-12-10-14(3)11-13-15/h10-13,16-17,19H,4-9H2,1-3H3/t16-,17-/m1/s1. The number of hydrogen-bond donors (Lipinski definition) is 1. The van der Waals surface area contributed by atoms with Crippen LogP contribution in [-0.2, 0) is 10.0 Å². The van der Waals surface area contributed by atoms with Crippen LogP contribution in [0.15, 0.2) is 29.2 Å². The zero-order valence-electron chi connectivity index (χ0n) is 13.8. The Labute approximate surface area is 140 Å². The Morgan fingerprint density at radius 1 is 1.09 bits per heavy atom. The molecule has 1 rings (SSSR count). The zero-order valence-corrected chi connectivity index (χ0v) is 15.4. The Hall–Kier alpha value is -0.580. The van der Waals surface area contributed by atoms with E-state index in [4.69, 9.17) is 11.6 Å². The highest BCUT2D eigenvalue weighted by atomic mass is 35.5. The van der Waals surface area contributed by atoms with Crippen LogP contribution in [0.1, 0.15) is 57.9 Å². The molecule has 0 unspecified atom stereocenters. The van der Waals surface area contributed by atoms with E-state index in [9.17, 15) is 8.42 Å². The molecule has 0 amide bonds. The summed E-state index contributed by atoms with van der Waals surface area (Å²) in [4.78, 5) is 0.298. The van der Waals surface area contributed by atoms with Crippen molar-refractivity contribution < 1.29 is 8.42 Å². The van der Waals surface area contributed by atoms with Crippen LogP contribution in [0.2, 0.25) is 0 Å². The molecule has 0 spiro atoms. The van der Waals surface area contributed by atoms with Crippen LogP contribution in [0.4, 0.5) is 0 Å². The first kappa shape index (κ1) is 19.5. The molecule has 3 nitrogen and oxygen atoms in total. The van der Waals surface area contributed by atoms with Crippen LogP contribution >= 0.6 is 11.6 Å². The number of unbranched alkanes of at least 4 members (excludes halogenated alkanes) is 3. The van der Waals surface area contributed by atoms with Crippen molar-refractivity contribution in [3.63, 3.8) is 0 Å². The van der Waals surface area contributed by atoms with Gasteiger partial charge in [-0.25, -0.2) is 13.1 Å². The van der Waals surface area contributed by atoms with Gasteiger partial charge in [0.15, 0.2) is 0 Å². The Morgan fingerprint density at radius 2 is 1.73 bits per heavy atom. The Kier molecular flexibility index (Phi) is 8.44. The second-order valence-corrected chi connectivity index (χ2v) is 8.09. The van der Waals surface area contributed by atoms with Crippen molar-refractivity contribution in [2.24, 2.45) is 0 Å². The van der Waals surface area contributed by atoms with Crippen LogP contribution < -0.4 is 4.72 Å². The van der Waals surface area contributed by atoms with E-state index >= 15 is 0 Å². The molecule has 0 fully saturated rings. The van der Waals surface area contributed by atoms with Gasteiger partial charge in [0, 0.05) is 11.4 Å². The van der Waals surface area contributed by atoms with Crippen LogP contribution in [-0.4, -0.2) is 19.8 Å². The van der Waals surface area contributed by atoms with Crippen molar-refractivity contribution in [1.29, 1.82) is 0 Å². The van der Waals surface area contributed by atoms with Crippen LogP contribution in [0.5, 0.6) is 0 Å². The predicted octanol–water partition coefficient (Wildman–Crippen LogP) is 4.63. The zero-order chi connectivity index (χ0) is 16.6. The van der Waals surface area contributed by atoms with E-state index in [-0.39, 0.29) is 11.4 Å². The first-order chi connectivity index (χ1) is 10.4. The SMILES string of the molecule is CCCCCC[C@@H](Cl)[C@@H](CC)NS(=O)(=O)c1ccc(C)cc1. The number of sulfonamides is 1. The number of hydrogen-bond acceptors (Lipinski definition) is 2. The summed E-state index contributed by atoms with van der Waals surface area (Å²) in [6, 6.07) is 6.65. The lowest BCUT2D eigenvalue weighted by atomic mass is 10.0. The molecule has 0 saturated heterocycles. The monoisotopic (exact) mass is 345 g/mol. The summed E-state index contributed by atoms with van der Waals surface area (Å²) < 4.78 is 27.6. The van der Waals surface area contributed by atoms with Crippen molar-refractivity contribution >= 4 is 21.6 Å². The first-order valence-electron chi connectivity index (χ1n) is 8.13. The summed E-state index contributed by atoms with van der Waals surface area (Å²) >= 11 is 6.42. The van der Waals surface area contributed by atoms with Gasteiger partial charge < -0.3 is 0 Å². The van der Waals surface area contributed by atoms with E-state index in [0.717, 1.165) is 24.8 Å². The lowest BCUT2D eigenvalue weighted by molar-refractivity contribution is 0.493. The predicted molar refractivity (Wildman–Crippen MR) is 94.0 cm³/mol. The molecule has 0 aliphatic heterocycles. The summed E-state index contributed by atoms with van der Waals surface area (Å²) in [7, 11) is -3.50. The molecule has 5 heteroatoms. The van der Waals surface area contributed by atoms with Crippen molar-refractivity contribution in [2.75, 3.05) is 0 Å². The summed E-state index contributed by atoms with van der Waals surface area (Å²) in [6.07, 6.45) is 6.12. The van der Waals surface area contributed by atoms with Crippen LogP contribution in [0.3, 0.4) is 0 Å². The Bertz CT molecular complexity index is 528. The number of alkyl halides is 1. The number of rotatable bonds is 10. The van der Waals surface area contributed by atoms with Gasteiger partial charge in [0.1, 0.15) is 0 Å². The average Bonchev–Trinajstić information content (AvgIpc) is 2.49. The minimum Gasteiger partial charge on any atom is -0.207 e. The van der Waals surface area contributed by atoms with E-state index in [2.05, 4.69) is 11.6 Å². The highest BCUT2D eigenvalue weighted by Gasteiger charge is 2.24. The maximum absolute atomic E-state index is 12.4. The highest BCUT2D eigenvalue weighted by molar-refractivity contribution is 7.89. The fraction of sp³-hybridized carbons (Fsp3) is 0.647. The normalized spacial score (nSPS) is 14.7. The second kappa shape index (κ2) is 9.53. The molecule has 0 radical (unpaired) electrons. The molecule has 0 aromatic heterocycles. The molecule has 126 valence electrons. The van der Waals surface area contributed by atoms with E-state index in [0.29, 0.717) is 11.3 Å². The molecular formula is C17H28ClNO2S. The number of benzene rings is 1. The molecular weight excluding hydrogens is 318 g/mol. The van der Waals surface area contributed by atoms with Gasteiger partial charge >= 0.3 is 0 Å². The quantitative estimate of drug-likeness (QED) is 0.496. The van der Waals surface area contributed by atoms with E-state index in [1.807, 2.05) is 13.8 Å². The molecule has 0 bridgehead atoms. The van der Waals surface area contributed by atoms with Gasteiger partial charge in [-0.2, -0.15) is 0 Å². The van der Waals surface area contributed by atoms with E-state index < -0.39 is 10.0 Å². The van der Waals surface area contributed by atoms with Gasteiger partial charge in [-0.05, 0) is 31.9 Å². The fourth-order valence-electron chi connectivity index (χ4n) is 2.36. The first-order valence-corrected chi connectivity index (χ1v) is 10.1. The van der Waals surface area contributed by atoms with Gasteiger partial charge in [-0.1, -0.05) is 57.2 Å². The third-order valence-corrected chi connectivity index (χ3v) is 5.88. The Balaban J connectivity index is 2.65. The maximum atomic E-state index is 12.4. The minimum absolute atomic E-state index is 0.165. The van der Waals surface area contributed by atoms with Gasteiger partial charge in [0.05, 0.1) is 4.90 Å². The molecule has 0 aliphatic rings. The largest absolute Gasteiger partial charge is 0.240 e. The summed E-state index contributed by atoms with van der Waals surface area (Å²) in [5.41, 5.74) is 1.04. The van der Waals surface area contributed by atoms with Crippen LogP contribution in [0, 0.1) is 6.92 Å². The topological polar surface area (TPSA) is 46.2 Å². The third kappa shape index (κ3) is 6.27. The lowest BCUT2D eigenvalue weighted by Crippen LogP contribution is -2.40. The average molecular weight is 346 g/mol. The smallest absolute Gasteiger partial charge is 0.207 e. The van der Waals surface area contributed by atoms with E-state index in [1.54, 1.807) is 24.3 Å². The lowest BCUT2D eigenvalue weighted by Gasteiger charge is -2.22. The number of nitrogens with one attached hydrogen (secondary N) is 1. The molecule has 1 N–H and O–H groups in total. The highest BCUT2D eigenvalue weighted by Crippen LogP contribution is 2.18. The van der Waals surface area contributed by atoms with Gasteiger partial charge in [0.2, 0.25) is 10.0 Å². The summed E-state index contributed by atoms with van der Waals surface area (Å²) in [5, 5.41) is -0.165. The van der Waals surface area contributed by atoms with Gasteiger partial charge in [0.25, 0.3) is 0 Å². The molecule has 0 aliphatic carbocycles. The van der Waals surface area contributed by atoms with Gasteiger partial charge in [-0.15, -0.1) is 11.6 Å². The molecule has 1 aromatic rings. The summed E-state index contributed by atoms with van der Waals surface area (Å²) in [6.45, 7) is 6.07. The molecule has 22 heavy (non-hydrogen) atoms. The van der Waals surface area contributed by atoms with Gasteiger partial charge in [-0.3, -0.25) is 0 Å². The molecule has 0 heterocycles. The minimum atomic E-state index is -3.50. The third-order valence-electron chi connectivity index (χ3n) is 3.85.